The van der Waals surface area contributed by atoms with E-state index >= 15 is 0 Å². The van der Waals surface area contributed by atoms with Crippen molar-refractivity contribution in [2.24, 2.45) is 0 Å². The molecule has 1 aromatic carbocycles. The fourth-order valence-electron chi connectivity index (χ4n) is 1.70. The van der Waals surface area contributed by atoms with Crippen molar-refractivity contribution >= 4 is 5.78 Å². The molecule has 0 radical (unpaired) electrons. The molecule has 0 aliphatic carbocycles. The van der Waals surface area contributed by atoms with Gasteiger partial charge in [-0.15, -0.1) is 0 Å². The van der Waals surface area contributed by atoms with E-state index in [2.05, 4.69) is 4.98 Å². The zero-order valence-corrected chi connectivity index (χ0v) is 9.56. The summed E-state index contributed by atoms with van der Waals surface area (Å²) in [5, 5.41) is 0. The van der Waals surface area contributed by atoms with Gasteiger partial charge in [-0.3, -0.25) is 4.79 Å². The highest BCUT2D eigenvalue weighted by Crippen LogP contribution is 2.10. The summed E-state index contributed by atoms with van der Waals surface area (Å²) in [6.45, 7) is 2.76. The standard InChI is InChI=1S/C13H13FN2O/c1-2-7-16-8-6-15-13(16)12(17)10-4-3-5-11(14)9-10/h3-6,8-9H,2,7H2,1H3. The molecule has 3 nitrogen and oxygen atoms in total. The molecule has 0 spiro atoms. The van der Waals surface area contributed by atoms with Crippen molar-refractivity contribution in [2.45, 2.75) is 19.9 Å². The minimum Gasteiger partial charge on any atom is -0.328 e. The van der Waals surface area contributed by atoms with Crippen LogP contribution in [0.1, 0.15) is 29.5 Å². The Balaban J connectivity index is 2.33. The number of imidazole rings is 1. The molecule has 17 heavy (non-hydrogen) atoms. The van der Waals surface area contributed by atoms with Gasteiger partial charge >= 0.3 is 0 Å². The molecule has 0 bridgehead atoms. The molecule has 0 aliphatic heterocycles. The average molecular weight is 232 g/mol. The van der Waals surface area contributed by atoms with Gasteiger partial charge in [0.15, 0.2) is 5.82 Å². The van der Waals surface area contributed by atoms with Gasteiger partial charge in [0.05, 0.1) is 0 Å². The molecule has 0 unspecified atom stereocenters. The third kappa shape index (κ3) is 2.41. The highest BCUT2D eigenvalue weighted by Gasteiger charge is 2.15. The fourth-order valence-corrected chi connectivity index (χ4v) is 1.70. The number of halogens is 1. The molecule has 1 aromatic heterocycles. The Morgan fingerprint density at radius 2 is 2.29 bits per heavy atom. The Kier molecular flexibility index (Phi) is 3.32. The van der Waals surface area contributed by atoms with Crippen LogP contribution in [0.25, 0.3) is 0 Å². The lowest BCUT2D eigenvalue weighted by atomic mass is 10.1. The number of hydrogen-bond acceptors (Lipinski definition) is 2. The SMILES string of the molecule is CCCn1ccnc1C(=O)c1cccc(F)c1. The molecular weight excluding hydrogens is 219 g/mol. The first-order valence-electron chi connectivity index (χ1n) is 5.53. The van der Waals surface area contributed by atoms with Gasteiger partial charge < -0.3 is 4.57 Å². The van der Waals surface area contributed by atoms with E-state index < -0.39 is 5.82 Å². The van der Waals surface area contributed by atoms with Crippen LogP contribution in [-0.4, -0.2) is 15.3 Å². The van der Waals surface area contributed by atoms with E-state index in [4.69, 9.17) is 0 Å². The van der Waals surface area contributed by atoms with Crippen molar-refractivity contribution in [3.05, 3.63) is 53.9 Å². The summed E-state index contributed by atoms with van der Waals surface area (Å²) in [6, 6.07) is 5.66. The monoisotopic (exact) mass is 232 g/mol. The van der Waals surface area contributed by atoms with Gasteiger partial charge in [-0.25, -0.2) is 9.37 Å². The van der Waals surface area contributed by atoms with Gasteiger partial charge in [0.25, 0.3) is 0 Å². The van der Waals surface area contributed by atoms with Crippen LogP contribution in [0.4, 0.5) is 4.39 Å². The topological polar surface area (TPSA) is 34.9 Å². The van der Waals surface area contributed by atoms with Gasteiger partial charge in [0.1, 0.15) is 5.82 Å². The maximum atomic E-state index is 13.0. The first kappa shape index (κ1) is 11.5. The first-order valence-corrected chi connectivity index (χ1v) is 5.53. The minimum atomic E-state index is -0.413. The quantitative estimate of drug-likeness (QED) is 0.759. The average Bonchev–Trinajstić information content (AvgIpc) is 2.77. The van der Waals surface area contributed by atoms with Crippen molar-refractivity contribution < 1.29 is 9.18 Å². The fraction of sp³-hybridized carbons (Fsp3) is 0.231. The highest BCUT2D eigenvalue weighted by atomic mass is 19.1. The minimum absolute atomic E-state index is 0.247. The summed E-state index contributed by atoms with van der Waals surface area (Å²) < 4.78 is 14.8. The number of rotatable bonds is 4. The van der Waals surface area contributed by atoms with Gasteiger partial charge in [0, 0.05) is 24.5 Å². The van der Waals surface area contributed by atoms with Crippen LogP contribution in [-0.2, 0) is 6.54 Å². The van der Waals surface area contributed by atoms with E-state index in [1.807, 2.05) is 6.92 Å². The molecule has 1 heterocycles. The molecule has 0 amide bonds. The van der Waals surface area contributed by atoms with E-state index in [0.29, 0.717) is 11.4 Å². The molecule has 0 atom stereocenters. The molecule has 2 aromatic rings. The summed E-state index contributed by atoms with van der Waals surface area (Å²) in [7, 11) is 0. The number of benzene rings is 1. The summed E-state index contributed by atoms with van der Waals surface area (Å²) in [6.07, 6.45) is 4.26. The van der Waals surface area contributed by atoms with Gasteiger partial charge in [0.2, 0.25) is 5.78 Å². The number of aryl methyl sites for hydroxylation is 1. The number of carbonyl (C=O) groups excluding carboxylic acids is 1. The van der Waals surface area contributed by atoms with E-state index in [9.17, 15) is 9.18 Å². The van der Waals surface area contributed by atoms with E-state index in [-0.39, 0.29) is 5.78 Å². The van der Waals surface area contributed by atoms with Crippen LogP contribution in [0, 0.1) is 5.82 Å². The number of carbonyl (C=O) groups is 1. The Labute approximate surface area is 98.9 Å². The maximum absolute atomic E-state index is 13.0. The third-order valence-corrected chi connectivity index (χ3v) is 2.47. The Morgan fingerprint density at radius 1 is 1.47 bits per heavy atom. The Hall–Kier alpha value is -1.97. The Bertz CT molecular complexity index is 534. The normalized spacial score (nSPS) is 10.5. The van der Waals surface area contributed by atoms with Gasteiger partial charge in [-0.05, 0) is 18.6 Å². The molecule has 0 N–H and O–H groups in total. The number of nitrogens with zero attached hydrogens (tertiary/aromatic N) is 2. The predicted octanol–water partition coefficient (Wildman–Crippen LogP) is 2.66. The van der Waals surface area contributed by atoms with Crippen LogP contribution < -0.4 is 0 Å². The second kappa shape index (κ2) is 4.91. The summed E-state index contributed by atoms with van der Waals surface area (Å²) in [5.41, 5.74) is 0.327. The second-order valence-corrected chi connectivity index (χ2v) is 3.78. The number of hydrogen-bond donors (Lipinski definition) is 0. The van der Waals surface area contributed by atoms with Gasteiger partial charge in [-0.1, -0.05) is 19.1 Å². The maximum Gasteiger partial charge on any atom is 0.228 e. The molecule has 0 saturated carbocycles. The van der Waals surface area contributed by atoms with Crippen molar-refractivity contribution in [2.75, 3.05) is 0 Å². The molecule has 0 aliphatic rings. The van der Waals surface area contributed by atoms with Crippen LogP contribution in [0.3, 0.4) is 0 Å². The zero-order chi connectivity index (χ0) is 12.3. The molecule has 0 fully saturated rings. The lowest BCUT2D eigenvalue weighted by molar-refractivity contribution is 0.102. The summed E-state index contributed by atoms with van der Waals surface area (Å²) in [5.74, 6) is -0.301. The molecular formula is C13H13FN2O. The smallest absolute Gasteiger partial charge is 0.228 e. The number of aromatic nitrogens is 2. The van der Waals surface area contributed by atoms with Crippen molar-refractivity contribution in [3.63, 3.8) is 0 Å². The van der Waals surface area contributed by atoms with E-state index in [1.54, 1.807) is 23.0 Å². The molecule has 88 valence electrons. The number of ketones is 1. The third-order valence-electron chi connectivity index (χ3n) is 2.47. The summed E-state index contributed by atoms with van der Waals surface area (Å²) >= 11 is 0. The zero-order valence-electron chi connectivity index (χ0n) is 9.56. The van der Waals surface area contributed by atoms with Crippen molar-refractivity contribution in [1.29, 1.82) is 0 Å². The molecule has 4 heteroatoms. The van der Waals surface area contributed by atoms with Crippen molar-refractivity contribution in [3.8, 4) is 0 Å². The van der Waals surface area contributed by atoms with Crippen LogP contribution in [0.5, 0.6) is 0 Å². The highest BCUT2D eigenvalue weighted by molar-refractivity contribution is 6.06. The van der Waals surface area contributed by atoms with Crippen LogP contribution >= 0.6 is 0 Å². The lowest BCUT2D eigenvalue weighted by Gasteiger charge is -2.05. The Morgan fingerprint density at radius 3 is 3.00 bits per heavy atom. The van der Waals surface area contributed by atoms with Crippen LogP contribution in [0.2, 0.25) is 0 Å². The van der Waals surface area contributed by atoms with Gasteiger partial charge in [-0.2, -0.15) is 0 Å². The van der Waals surface area contributed by atoms with Crippen molar-refractivity contribution in [1.82, 2.24) is 9.55 Å². The summed E-state index contributed by atoms with van der Waals surface area (Å²) in [4.78, 5) is 16.1. The van der Waals surface area contributed by atoms with E-state index in [0.717, 1.165) is 13.0 Å². The lowest BCUT2D eigenvalue weighted by Crippen LogP contribution is -2.11. The van der Waals surface area contributed by atoms with E-state index in [1.165, 1.54) is 18.2 Å². The largest absolute Gasteiger partial charge is 0.328 e. The molecule has 0 saturated heterocycles. The first-order chi connectivity index (χ1) is 8.22. The van der Waals surface area contributed by atoms with Crippen LogP contribution in [0.15, 0.2) is 36.7 Å². The predicted molar refractivity (Wildman–Crippen MR) is 62.4 cm³/mol. The molecule has 2 rings (SSSR count). The second-order valence-electron chi connectivity index (χ2n) is 3.78.